The first kappa shape index (κ1) is 12.4. The van der Waals surface area contributed by atoms with Gasteiger partial charge >= 0.3 is 0 Å². The molecule has 1 heterocycles. The number of nitrogens with one attached hydrogen (secondary N) is 1. The molecular formula is C17H15N3. The minimum Gasteiger partial charge on any atom is -0.365 e. The predicted octanol–water partition coefficient (Wildman–Crippen LogP) is 3.76. The summed E-state index contributed by atoms with van der Waals surface area (Å²) in [6.07, 6.45) is 3.56. The smallest absolute Gasteiger partial charge is 0.144 e. The van der Waals surface area contributed by atoms with E-state index in [-0.39, 0.29) is 0 Å². The number of hydrogen-bond acceptors (Lipinski definition) is 3. The SMILES string of the molecule is c1ccc(CNc2cnc(-c3ccccc3)cn2)cc1. The van der Waals surface area contributed by atoms with Crippen LogP contribution in [0.5, 0.6) is 0 Å². The highest BCUT2D eigenvalue weighted by Gasteiger charge is 2.00. The lowest BCUT2D eigenvalue weighted by molar-refractivity contribution is 1.09. The maximum Gasteiger partial charge on any atom is 0.144 e. The van der Waals surface area contributed by atoms with Crippen molar-refractivity contribution >= 4 is 5.82 Å². The van der Waals surface area contributed by atoms with Crippen molar-refractivity contribution in [1.29, 1.82) is 0 Å². The van der Waals surface area contributed by atoms with Gasteiger partial charge in [0, 0.05) is 12.1 Å². The number of benzene rings is 2. The molecule has 1 N–H and O–H groups in total. The molecule has 20 heavy (non-hydrogen) atoms. The first-order chi connectivity index (χ1) is 9.92. The summed E-state index contributed by atoms with van der Waals surface area (Å²) in [7, 11) is 0. The Kier molecular flexibility index (Phi) is 3.69. The van der Waals surface area contributed by atoms with E-state index < -0.39 is 0 Å². The van der Waals surface area contributed by atoms with Gasteiger partial charge in [0.05, 0.1) is 18.1 Å². The van der Waals surface area contributed by atoms with E-state index in [1.807, 2.05) is 48.5 Å². The lowest BCUT2D eigenvalue weighted by Gasteiger charge is -2.06. The number of anilines is 1. The van der Waals surface area contributed by atoms with E-state index in [4.69, 9.17) is 0 Å². The van der Waals surface area contributed by atoms with Crippen molar-refractivity contribution in [3.05, 3.63) is 78.6 Å². The zero-order valence-electron chi connectivity index (χ0n) is 11.0. The van der Waals surface area contributed by atoms with E-state index >= 15 is 0 Å². The number of hydrogen-bond donors (Lipinski definition) is 1. The van der Waals surface area contributed by atoms with Crippen molar-refractivity contribution in [2.75, 3.05) is 5.32 Å². The Labute approximate surface area is 118 Å². The van der Waals surface area contributed by atoms with Gasteiger partial charge in [-0.05, 0) is 5.56 Å². The quantitative estimate of drug-likeness (QED) is 0.777. The van der Waals surface area contributed by atoms with E-state index in [0.29, 0.717) is 0 Å². The molecule has 0 spiro atoms. The molecule has 0 saturated heterocycles. The van der Waals surface area contributed by atoms with Crippen LogP contribution < -0.4 is 5.32 Å². The zero-order chi connectivity index (χ0) is 13.6. The van der Waals surface area contributed by atoms with Gasteiger partial charge < -0.3 is 5.32 Å². The molecular weight excluding hydrogens is 246 g/mol. The number of nitrogens with zero attached hydrogens (tertiary/aromatic N) is 2. The molecule has 0 bridgehead atoms. The van der Waals surface area contributed by atoms with Crippen LogP contribution in [-0.2, 0) is 6.54 Å². The number of aromatic nitrogens is 2. The second-order valence-electron chi connectivity index (χ2n) is 4.49. The van der Waals surface area contributed by atoms with Crippen LogP contribution in [0.15, 0.2) is 73.1 Å². The minimum atomic E-state index is 0.750. The van der Waals surface area contributed by atoms with Crippen LogP contribution in [0.2, 0.25) is 0 Å². The highest BCUT2D eigenvalue weighted by atomic mass is 15.0. The zero-order valence-corrected chi connectivity index (χ0v) is 11.0. The van der Waals surface area contributed by atoms with Crippen molar-refractivity contribution < 1.29 is 0 Å². The van der Waals surface area contributed by atoms with Gasteiger partial charge in [-0.1, -0.05) is 60.7 Å². The van der Waals surface area contributed by atoms with Crippen molar-refractivity contribution in [2.24, 2.45) is 0 Å². The van der Waals surface area contributed by atoms with Crippen molar-refractivity contribution in [1.82, 2.24) is 9.97 Å². The third kappa shape index (κ3) is 3.01. The second kappa shape index (κ2) is 5.97. The van der Waals surface area contributed by atoms with Gasteiger partial charge in [0.2, 0.25) is 0 Å². The van der Waals surface area contributed by atoms with Crippen molar-refractivity contribution in [3.63, 3.8) is 0 Å². The third-order valence-electron chi connectivity index (χ3n) is 3.04. The average molecular weight is 261 g/mol. The molecule has 0 amide bonds. The maximum atomic E-state index is 4.44. The topological polar surface area (TPSA) is 37.8 Å². The molecule has 0 radical (unpaired) electrons. The molecule has 3 aromatic rings. The standard InChI is InChI=1S/C17H15N3/c1-3-7-14(8-4-1)11-19-17-13-18-16(12-20-17)15-9-5-2-6-10-15/h1-10,12-13H,11H2,(H,19,20). The summed E-state index contributed by atoms with van der Waals surface area (Å²) in [5.74, 6) is 0.786. The van der Waals surface area contributed by atoms with E-state index in [0.717, 1.165) is 23.6 Å². The average Bonchev–Trinajstić information content (AvgIpc) is 2.55. The summed E-state index contributed by atoms with van der Waals surface area (Å²) in [5, 5.41) is 3.27. The van der Waals surface area contributed by atoms with Gasteiger partial charge in [-0.2, -0.15) is 0 Å². The van der Waals surface area contributed by atoms with Crippen LogP contribution in [-0.4, -0.2) is 9.97 Å². The Morgan fingerprint density at radius 2 is 1.45 bits per heavy atom. The monoisotopic (exact) mass is 261 g/mol. The Bertz CT molecular complexity index is 649. The lowest BCUT2D eigenvalue weighted by atomic mass is 10.2. The molecule has 0 atom stereocenters. The van der Waals surface area contributed by atoms with Gasteiger partial charge in [0.1, 0.15) is 5.82 Å². The summed E-state index contributed by atoms with van der Waals surface area (Å²) >= 11 is 0. The molecule has 0 aliphatic heterocycles. The summed E-state index contributed by atoms with van der Waals surface area (Å²) < 4.78 is 0. The Balaban J connectivity index is 1.68. The third-order valence-corrected chi connectivity index (χ3v) is 3.04. The highest BCUT2D eigenvalue weighted by Crippen LogP contribution is 2.16. The second-order valence-corrected chi connectivity index (χ2v) is 4.49. The molecule has 0 aliphatic carbocycles. The fourth-order valence-corrected chi connectivity index (χ4v) is 1.97. The molecule has 3 nitrogen and oxygen atoms in total. The first-order valence-corrected chi connectivity index (χ1v) is 6.57. The molecule has 0 fully saturated rings. The lowest BCUT2D eigenvalue weighted by Crippen LogP contribution is -2.01. The van der Waals surface area contributed by atoms with E-state index in [1.54, 1.807) is 12.4 Å². The predicted molar refractivity (Wildman–Crippen MR) is 81.2 cm³/mol. The Morgan fingerprint density at radius 3 is 2.10 bits per heavy atom. The number of rotatable bonds is 4. The molecule has 1 aromatic heterocycles. The fraction of sp³-hybridized carbons (Fsp3) is 0.0588. The van der Waals surface area contributed by atoms with E-state index in [9.17, 15) is 0 Å². The van der Waals surface area contributed by atoms with Gasteiger partial charge in [0.15, 0.2) is 0 Å². The molecule has 2 aromatic carbocycles. The first-order valence-electron chi connectivity index (χ1n) is 6.57. The highest BCUT2D eigenvalue weighted by molar-refractivity contribution is 5.58. The molecule has 0 saturated carbocycles. The van der Waals surface area contributed by atoms with E-state index in [2.05, 4.69) is 27.4 Å². The summed E-state index contributed by atoms with van der Waals surface area (Å²) in [4.78, 5) is 8.83. The van der Waals surface area contributed by atoms with Gasteiger partial charge in [-0.15, -0.1) is 0 Å². The molecule has 3 rings (SSSR count). The molecule has 0 unspecified atom stereocenters. The van der Waals surface area contributed by atoms with Crippen molar-refractivity contribution in [3.8, 4) is 11.3 Å². The Hall–Kier alpha value is -2.68. The van der Waals surface area contributed by atoms with E-state index in [1.165, 1.54) is 5.56 Å². The molecule has 3 heteroatoms. The fourth-order valence-electron chi connectivity index (χ4n) is 1.97. The van der Waals surface area contributed by atoms with Gasteiger partial charge in [-0.25, -0.2) is 4.98 Å². The molecule has 98 valence electrons. The summed E-state index contributed by atoms with van der Waals surface area (Å²) in [6, 6.07) is 20.3. The Morgan fingerprint density at radius 1 is 0.750 bits per heavy atom. The van der Waals surface area contributed by atoms with Crippen LogP contribution in [0, 0.1) is 0 Å². The van der Waals surface area contributed by atoms with Crippen LogP contribution in [0.1, 0.15) is 5.56 Å². The van der Waals surface area contributed by atoms with Gasteiger partial charge in [0.25, 0.3) is 0 Å². The van der Waals surface area contributed by atoms with Gasteiger partial charge in [-0.3, -0.25) is 4.98 Å². The largest absolute Gasteiger partial charge is 0.365 e. The minimum absolute atomic E-state index is 0.750. The van der Waals surface area contributed by atoms with Crippen LogP contribution in [0.25, 0.3) is 11.3 Å². The van der Waals surface area contributed by atoms with Crippen LogP contribution >= 0.6 is 0 Å². The van der Waals surface area contributed by atoms with Crippen molar-refractivity contribution in [2.45, 2.75) is 6.54 Å². The van der Waals surface area contributed by atoms with Crippen LogP contribution in [0.4, 0.5) is 5.82 Å². The van der Waals surface area contributed by atoms with Crippen LogP contribution in [0.3, 0.4) is 0 Å². The summed E-state index contributed by atoms with van der Waals surface area (Å²) in [6.45, 7) is 0.750. The maximum absolute atomic E-state index is 4.44. The normalized spacial score (nSPS) is 10.2. The molecule has 0 aliphatic rings. The summed E-state index contributed by atoms with van der Waals surface area (Å²) in [5.41, 5.74) is 3.19.